The maximum Gasteiger partial charge on any atom is 0.271 e. The normalized spacial score (nSPS) is 16.0. The lowest BCUT2D eigenvalue weighted by Gasteiger charge is -2.28. The van der Waals surface area contributed by atoms with E-state index in [1.165, 1.54) is 0 Å². The lowest BCUT2D eigenvalue weighted by molar-refractivity contribution is -0.141. The smallest absolute Gasteiger partial charge is 0.271 e. The summed E-state index contributed by atoms with van der Waals surface area (Å²) in [5.74, 6) is 0.324. The fourth-order valence-electron chi connectivity index (χ4n) is 3.82. The Morgan fingerprint density at radius 3 is 2.52 bits per heavy atom. The first-order valence-electron chi connectivity index (χ1n) is 10.2. The van der Waals surface area contributed by atoms with Crippen LogP contribution in [0.15, 0.2) is 75.7 Å². The number of fused-ring (bicyclic) bond motifs is 1. The number of hydrogen-bond donors (Lipinski definition) is 0. The number of amides is 2. The lowest BCUT2D eigenvalue weighted by Crippen LogP contribution is -2.44. The number of nitrogens with zero attached hydrogens (tertiary/aromatic N) is 2. The molecule has 1 aliphatic rings. The third-order valence-electron chi connectivity index (χ3n) is 5.34. The average molecular weight is 410 g/mol. The molecule has 0 saturated heterocycles. The minimum atomic E-state index is -0.535. The summed E-state index contributed by atoms with van der Waals surface area (Å²) >= 11 is 0. The van der Waals surface area contributed by atoms with Crippen molar-refractivity contribution in [2.75, 3.05) is 6.54 Å². The van der Waals surface area contributed by atoms with Crippen molar-refractivity contribution >= 4 is 28.7 Å². The summed E-state index contributed by atoms with van der Waals surface area (Å²) in [7, 11) is 0. The van der Waals surface area contributed by atoms with E-state index in [1.54, 1.807) is 19.1 Å². The van der Waals surface area contributed by atoms with Crippen molar-refractivity contribution in [2.45, 2.75) is 20.8 Å². The van der Waals surface area contributed by atoms with Crippen LogP contribution in [0.3, 0.4) is 0 Å². The van der Waals surface area contributed by atoms with E-state index in [1.807, 2.05) is 68.4 Å². The number of imide groups is 1. The summed E-state index contributed by atoms with van der Waals surface area (Å²) in [6.07, 6.45) is 1.61. The van der Waals surface area contributed by atoms with Crippen LogP contribution < -0.4 is 0 Å². The fraction of sp³-hybridized carbons (Fsp3) is 0.192. The number of nitriles is 1. The van der Waals surface area contributed by atoms with Crippen LogP contribution in [0.2, 0.25) is 0 Å². The van der Waals surface area contributed by atoms with E-state index in [9.17, 15) is 14.9 Å². The molecule has 5 heteroatoms. The SMILES string of the molecule is CC1=C(C#N)C(=O)N(CC(C)C)C(=O)/C1=C/c1ccc(-c2cccc3ccccc23)o1. The van der Waals surface area contributed by atoms with Crippen LogP contribution in [0.25, 0.3) is 28.2 Å². The molecule has 0 aliphatic carbocycles. The largest absolute Gasteiger partial charge is 0.457 e. The molecule has 1 aromatic heterocycles. The second kappa shape index (κ2) is 8.08. The quantitative estimate of drug-likeness (QED) is 0.429. The highest BCUT2D eigenvalue weighted by Crippen LogP contribution is 2.32. The third-order valence-corrected chi connectivity index (χ3v) is 5.34. The highest BCUT2D eigenvalue weighted by Gasteiger charge is 2.35. The Balaban J connectivity index is 1.77. The van der Waals surface area contributed by atoms with Gasteiger partial charge in [0, 0.05) is 17.7 Å². The molecular weight excluding hydrogens is 388 g/mol. The molecule has 154 valence electrons. The van der Waals surface area contributed by atoms with Gasteiger partial charge in [-0.15, -0.1) is 0 Å². The number of furan rings is 1. The van der Waals surface area contributed by atoms with Gasteiger partial charge in [-0.1, -0.05) is 56.3 Å². The van der Waals surface area contributed by atoms with Crippen molar-refractivity contribution in [1.82, 2.24) is 4.90 Å². The summed E-state index contributed by atoms with van der Waals surface area (Å²) in [6, 6.07) is 19.7. The predicted octanol–water partition coefficient (Wildman–Crippen LogP) is 5.35. The first-order valence-corrected chi connectivity index (χ1v) is 10.2. The molecule has 3 aromatic rings. The van der Waals surface area contributed by atoms with Crippen molar-refractivity contribution in [3.05, 3.63) is 77.1 Å². The van der Waals surface area contributed by atoms with E-state index in [-0.39, 0.29) is 18.0 Å². The molecule has 0 bridgehead atoms. The third kappa shape index (κ3) is 3.69. The van der Waals surface area contributed by atoms with Gasteiger partial charge in [0.1, 0.15) is 23.2 Å². The monoisotopic (exact) mass is 410 g/mol. The van der Waals surface area contributed by atoms with Gasteiger partial charge < -0.3 is 4.42 Å². The van der Waals surface area contributed by atoms with Crippen LogP contribution in [0, 0.1) is 17.2 Å². The first kappa shape index (κ1) is 20.4. The van der Waals surface area contributed by atoms with Gasteiger partial charge in [0.15, 0.2) is 0 Å². The maximum absolute atomic E-state index is 13.1. The molecule has 0 N–H and O–H groups in total. The zero-order valence-corrected chi connectivity index (χ0v) is 17.7. The zero-order valence-electron chi connectivity index (χ0n) is 17.7. The Labute approximate surface area is 180 Å². The molecule has 1 aliphatic heterocycles. The van der Waals surface area contributed by atoms with Crippen LogP contribution >= 0.6 is 0 Å². The molecule has 5 nitrogen and oxygen atoms in total. The predicted molar refractivity (Wildman–Crippen MR) is 119 cm³/mol. The Kier molecular flexibility index (Phi) is 5.31. The van der Waals surface area contributed by atoms with E-state index in [4.69, 9.17) is 4.42 Å². The topological polar surface area (TPSA) is 74.3 Å². The highest BCUT2D eigenvalue weighted by molar-refractivity contribution is 6.19. The van der Waals surface area contributed by atoms with Crippen molar-refractivity contribution < 1.29 is 14.0 Å². The molecular formula is C26H22N2O3. The zero-order chi connectivity index (χ0) is 22.1. The van der Waals surface area contributed by atoms with Gasteiger partial charge >= 0.3 is 0 Å². The van der Waals surface area contributed by atoms with Crippen molar-refractivity contribution in [2.24, 2.45) is 5.92 Å². The van der Waals surface area contributed by atoms with E-state index in [0.29, 0.717) is 22.7 Å². The van der Waals surface area contributed by atoms with Gasteiger partial charge in [0.25, 0.3) is 11.8 Å². The maximum atomic E-state index is 13.1. The molecule has 0 radical (unpaired) electrons. The molecule has 2 amide bonds. The summed E-state index contributed by atoms with van der Waals surface area (Å²) in [6.45, 7) is 5.72. The Hall–Kier alpha value is -3.91. The van der Waals surface area contributed by atoms with Gasteiger partial charge in [-0.25, -0.2) is 0 Å². The molecule has 31 heavy (non-hydrogen) atoms. The highest BCUT2D eigenvalue weighted by atomic mass is 16.3. The van der Waals surface area contributed by atoms with E-state index < -0.39 is 11.8 Å². The minimum Gasteiger partial charge on any atom is -0.457 e. The fourth-order valence-corrected chi connectivity index (χ4v) is 3.82. The van der Waals surface area contributed by atoms with E-state index in [2.05, 4.69) is 0 Å². The Morgan fingerprint density at radius 1 is 1.03 bits per heavy atom. The molecule has 0 spiro atoms. The summed E-state index contributed by atoms with van der Waals surface area (Å²) in [4.78, 5) is 26.8. The first-order chi connectivity index (χ1) is 14.9. The van der Waals surface area contributed by atoms with Gasteiger partial charge in [-0.3, -0.25) is 14.5 Å². The van der Waals surface area contributed by atoms with E-state index >= 15 is 0 Å². The molecule has 0 fully saturated rings. The average Bonchev–Trinajstić information content (AvgIpc) is 3.22. The number of rotatable bonds is 4. The second-order valence-corrected chi connectivity index (χ2v) is 8.01. The summed E-state index contributed by atoms with van der Waals surface area (Å²) in [5.41, 5.74) is 1.63. The van der Waals surface area contributed by atoms with E-state index in [0.717, 1.165) is 21.2 Å². The summed E-state index contributed by atoms with van der Waals surface area (Å²) in [5, 5.41) is 11.7. The van der Waals surface area contributed by atoms with Crippen LogP contribution in [0.1, 0.15) is 26.5 Å². The lowest BCUT2D eigenvalue weighted by atomic mass is 9.94. The van der Waals surface area contributed by atoms with Crippen LogP contribution in [0.5, 0.6) is 0 Å². The molecule has 4 rings (SSSR count). The standard InChI is InChI=1S/C26H22N2O3/c1-16(2)15-28-25(29)22(17(3)23(14-27)26(28)30)13-19-11-12-24(31-19)21-10-6-8-18-7-4-5-9-20(18)21/h4-13,16H,15H2,1-3H3/b22-13+. The van der Waals surface area contributed by atoms with Gasteiger partial charge in [-0.2, -0.15) is 5.26 Å². The van der Waals surface area contributed by atoms with Crippen LogP contribution in [-0.2, 0) is 9.59 Å². The van der Waals surface area contributed by atoms with Gasteiger partial charge in [-0.05, 0) is 47.4 Å². The van der Waals surface area contributed by atoms with Crippen molar-refractivity contribution in [1.29, 1.82) is 5.26 Å². The Morgan fingerprint density at radius 2 is 1.77 bits per heavy atom. The Bertz CT molecular complexity index is 1300. The number of benzene rings is 2. The molecule has 0 saturated carbocycles. The number of carbonyl (C=O) groups excluding carboxylic acids is 2. The van der Waals surface area contributed by atoms with Crippen molar-refractivity contribution in [3.8, 4) is 17.4 Å². The van der Waals surface area contributed by atoms with Gasteiger partial charge in [0.05, 0.1) is 0 Å². The minimum absolute atomic E-state index is 0.00710. The van der Waals surface area contributed by atoms with Gasteiger partial charge in [0.2, 0.25) is 0 Å². The summed E-state index contributed by atoms with van der Waals surface area (Å²) < 4.78 is 6.05. The molecule has 0 atom stereocenters. The number of hydrogen-bond acceptors (Lipinski definition) is 4. The molecule has 0 unspecified atom stereocenters. The van der Waals surface area contributed by atoms with Crippen LogP contribution in [-0.4, -0.2) is 23.3 Å². The van der Waals surface area contributed by atoms with Crippen LogP contribution in [0.4, 0.5) is 0 Å². The second-order valence-electron chi connectivity index (χ2n) is 8.01. The molecule has 2 aromatic carbocycles. The van der Waals surface area contributed by atoms with Crippen molar-refractivity contribution in [3.63, 3.8) is 0 Å². The number of carbonyl (C=O) groups is 2. The molecule has 2 heterocycles.